The number of carbonyl (C=O) groups excluding carboxylic acids is 1. The molecule has 0 radical (unpaired) electrons. The van der Waals surface area contributed by atoms with E-state index in [2.05, 4.69) is 4.74 Å². The van der Waals surface area contributed by atoms with E-state index < -0.39 is 0 Å². The molecule has 4 nitrogen and oxygen atoms in total. The third kappa shape index (κ3) is 2.51. The minimum atomic E-state index is -0.356. The Balaban J connectivity index is 2.21. The maximum atomic E-state index is 11.6. The van der Waals surface area contributed by atoms with Gasteiger partial charge in [0.1, 0.15) is 0 Å². The molecule has 0 aliphatic heterocycles. The first-order chi connectivity index (χ1) is 8.61. The van der Waals surface area contributed by atoms with Gasteiger partial charge < -0.3 is 4.74 Å². The van der Waals surface area contributed by atoms with E-state index in [1.807, 2.05) is 24.4 Å². The quantitative estimate of drug-likeness (QED) is 0.796. The van der Waals surface area contributed by atoms with Crippen molar-refractivity contribution in [2.24, 2.45) is 0 Å². The standard InChI is InChI=1S/C13H13NO3S/c1-9-8-18-13(16)14(9)7-10-3-5-11(6-4-10)12(15)17-2/h3-6,8H,7H2,1-2H3. The summed E-state index contributed by atoms with van der Waals surface area (Å²) in [7, 11) is 1.35. The number of aryl methyl sites for hydroxylation is 1. The maximum Gasteiger partial charge on any atom is 0.337 e. The van der Waals surface area contributed by atoms with Crippen molar-refractivity contribution in [1.82, 2.24) is 4.57 Å². The van der Waals surface area contributed by atoms with Crippen LogP contribution in [-0.4, -0.2) is 17.6 Å². The lowest BCUT2D eigenvalue weighted by atomic mass is 10.1. The minimum Gasteiger partial charge on any atom is -0.465 e. The Labute approximate surface area is 108 Å². The zero-order chi connectivity index (χ0) is 13.1. The summed E-state index contributed by atoms with van der Waals surface area (Å²) in [5.41, 5.74) is 2.43. The molecule has 0 saturated heterocycles. The van der Waals surface area contributed by atoms with E-state index in [0.717, 1.165) is 11.3 Å². The summed E-state index contributed by atoms with van der Waals surface area (Å²) in [5.74, 6) is -0.356. The summed E-state index contributed by atoms with van der Waals surface area (Å²) in [5, 5.41) is 1.84. The van der Waals surface area contributed by atoms with Gasteiger partial charge in [-0.1, -0.05) is 23.5 Å². The Morgan fingerprint density at radius 3 is 2.50 bits per heavy atom. The number of esters is 1. The number of rotatable bonds is 3. The van der Waals surface area contributed by atoms with Gasteiger partial charge in [0.15, 0.2) is 0 Å². The second-order valence-electron chi connectivity index (χ2n) is 3.92. The van der Waals surface area contributed by atoms with Crippen molar-refractivity contribution in [3.8, 4) is 0 Å². The van der Waals surface area contributed by atoms with Crippen molar-refractivity contribution >= 4 is 17.3 Å². The van der Waals surface area contributed by atoms with Crippen LogP contribution in [0.2, 0.25) is 0 Å². The third-order valence-corrected chi connectivity index (χ3v) is 3.57. The molecule has 0 unspecified atom stereocenters. The van der Waals surface area contributed by atoms with E-state index in [1.165, 1.54) is 18.4 Å². The monoisotopic (exact) mass is 263 g/mol. The van der Waals surface area contributed by atoms with Crippen LogP contribution in [0.4, 0.5) is 0 Å². The SMILES string of the molecule is COC(=O)c1ccc(Cn2c(C)csc2=O)cc1. The molecule has 0 spiro atoms. The molecule has 2 aromatic rings. The number of methoxy groups -OCH3 is 1. The highest BCUT2D eigenvalue weighted by molar-refractivity contribution is 7.07. The second-order valence-corrected chi connectivity index (χ2v) is 4.74. The first-order valence-corrected chi connectivity index (χ1v) is 6.32. The van der Waals surface area contributed by atoms with E-state index in [4.69, 9.17) is 0 Å². The Bertz CT molecular complexity index is 610. The molecule has 2 rings (SSSR count). The summed E-state index contributed by atoms with van der Waals surface area (Å²) in [4.78, 5) is 22.9. The Hall–Kier alpha value is -1.88. The predicted molar refractivity (Wildman–Crippen MR) is 70.2 cm³/mol. The average Bonchev–Trinajstić information content (AvgIpc) is 2.70. The van der Waals surface area contributed by atoms with E-state index in [9.17, 15) is 9.59 Å². The number of ether oxygens (including phenoxy) is 1. The van der Waals surface area contributed by atoms with Gasteiger partial charge in [-0.2, -0.15) is 0 Å². The summed E-state index contributed by atoms with van der Waals surface area (Å²) in [6.45, 7) is 2.43. The highest BCUT2D eigenvalue weighted by Gasteiger charge is 2.06. The second kappa shape index (κ2) is 5.18. The van der Waals surface area contributed by atoms with Gasteiger partial charge in [0.25, 0.3) is 0 Å². The highest BCUT2D eigenvalue weighted by atomic mass is 32.1. The molecule has 0 fully saturated rings. The minimum absolute atomic E-state index is 0.0320. The van der Waals surface area contributed by atoms with Crippen LogP contribution in [-0.2, 0) is 11.3 Å². The molecule has 0 bridgehead atoms. The number of carbonyl (C=O) groups is 1. The molecule has 0 atom stereocenters. The smallest absolute Gasteiger partial charge is 0.337 e. The Morgan fingerprint density at radius 2 is 2.00 bits per heavy atom. The Morgan fingerprint density at radius 1 is 1.33 bits per heavy atom. The van der Waals surface area contributed by atoms with Gasteiger partial charge >= 0.3 is 10.8 Å². The molecule has 0 N–H and O–H groups in total. The highest BCUT2D eigenvalue weighted by Crippen LogP contribution is 2.09. The fourth-order valence-electron chi connectivity index (χ4n) is 1.64. The molecule has 0 amide bonds. The predicted octanol–water partition coefficient (Wildman–Crippen LogP) is 2.05. The number of hydrogen-bond acceptors (Lipinski definition) is 4. The topological polar surface area (TPSA) is 48.3 Å². The van der Waals surface area contributed by atoms with Gasteiger partial charge in [0.05, 0.1) is 19.2 Å². The van der Waals surface area contributed by atoms with Gasteiger partial charge in [-0.25, -0.2) is 4.79 Å². The molecular formula is C13H13NO3S. The van der Waals surface area contributed by atoms with Crippen molar-refractivity contribution in [1.29, 1.82) is 0 Å². The molecule has 0 saturated carbocycles. The van der Waals surface area contributed by atoms with Crippen LogP contribution in [0, 0.1) is 6.92 Å². The summed E-state index contributed by atoms with van der Waals surface area (Å²) >= 11 is 1.20. The first kappa shape index (κ1) is 12.6. The fourth-order valence-corrected chi connectivity index (χ4v) is 2.38. The van der Waals surface area contributed by atoms with Gasteiger partial charge in [0.2, 0.25) is 0 Å². The fraction of sp³-hybridized carbons (Fsp3) is 0.231. The first-order valence-electron chi connectivity index (χ1n) is 5.44. The van der Waals surface area contributed by atoms with Crippen LogP contribution < -0.4 is 4.87 Å². The van der Waals surface area contributed by atoms with Gasteiger partial charge in [0, 0.05) is 11.1 Å². The zero-order valence-electron chi connectivity index (χ0n) is 10.2. The lowest BCUT2D eigenvalue weighted by Gasteiger charge is -2.05. The molecule has 0 aliphatic carbocycles. The largest absolute Gasteiger partial charge is 0.465 e. The van der Waals surface area contributed by atoms with Crippen molar-refractivity contribution < 1.29 is 9.53 Å². The van der Waals surface area contributed by atoms with Crippen molar-refractivity contribution in [3.05, 3.63) is 56.1 Å². The van der Waals surface area contributed by atoms with Crippen LogP contribution in [0.3, 0.4) is 0 Å². The van der Waals surface area contributed by atoms with Crippen LogP contribution in [0.15, 0.2) is 34.4 Å². The van der Waals surface area contributed by atoms with Crippen LogP contribution >= 0.6 is 11.3 Å². The van der Waals surface area contributed by atoms with Crippen LogP contribution in [0.25, 0.3) is 0 Å². The summed E-state index contributed by atoms with van der Waals surface area (Å²) < 4.78 is 6.33. The lowest BCUT2D eigenvalue weighted by Crippen LogP contribution is -2.15. The molecular weight excluding hydrogens is 250 g/mol. The number of aromatic nitrogens is 1. The number of nitrogens with zero attached hydrogens (tertiary/aromatic N) is 1. The van der Waals surface area contributed by atoms with Crippen LogP contribution in [0.1, 0.15) is 21.6 Å². The molecule has 5 heteroatoms. The molecule has 1 aromatic carbocycles. The molecule has 0 aliphatic rings. The van der Waals surface area contributed by atoms with E-state index >= 15 is 0 Å². The summed E-state index contributed by atoms with van der Waals surface area (Å²) in [6.07, 6.45) is 0. The lowest BCUT2D eigenvalue weighted by molar-refractivity contribution is 0.0600. The maximum absolute atomic E-state index is 11.6. The molecule has 18 heavy (non-hydrogen) atoms. The average molecular weight is 263 g/mol. The van der Waals surface area contributed by atoms with E-state index in [1.54, 1.807) is 16.7 Å². The Kier molecular flexibility index (Phi) is 3.62. The van der Waals surface area contributed by atoms with Gasteiger partial charge in [-0.3, -0.25) is 9.36 Å². The van der Waals surface area contributed by atoms with Crippen LogP contribution in [0.5, 0.6) is 0 Å². The molecule has 1 aromatic heterocycles. The van der Waals surface area contributed by atoms with E-state index in [-0.39, 0.29) is 10.8 Å². The molecule has 94 valence electrons. The third-order valence-electron chi connectivity index (χ3n) is 2.69. The van der Waals surface area contributed by atoms with E-state index in [0.29, 0.717) is 12.1 Å². The summed E-state index contributed by atoms with van der Waals surface area (Å²) in [6, 6.07) is 7.06. The van der Waals surface area contributed by atoms with Gasteiger partial charge in [-0.15, -0.1) is 0 Å². The zero-order valence-corrected chi connectivity index (χ0v) is 11.0. The number of hydrogen-bond donors (Lipinski definition) is 0. The van der Waals surface area contributed by atoms with Gasteiger partial charge in [-0.05, 0) is 24.6 Å². The van der Waals surface area contributed by atoms with Crippen molar-refractivity contribution in [3.63, 3.8) is 0 Å². The number of thiazole rings is 1. The molecule has 1 heterocycles. The van der Waals surface area contributed by atoms with Crippen molar-refractivity contribution in [2.45, 2.75) is 13.5 Å². The normalized spacial score (nSPS) is 10.3. The number of benzene rings is 1. The van der Waals surface area contributed by atoms with Crippen molar-refractivity contribution in [2.75, 3.05) is 7.11 Å².